The summed E-state index contributed by atoms with van der Waals surface area (Å²) in [5.41, 5.74) is 2.49. The third-order valence-corrected chi connectivity index (χ3v) is 3.60. The lowest BCUT2D eigenvalue weighted by molar-refractivity contribution is 0.281. The zero-order chi connectivity index (χ0) is 15.1. The van der Waals surface area contributed by atoms with Crippen molar-refractivity contribution < 1.29 is 5.11 Å². The number of aliphatic hydroxyl groups excluding tert-OH is 1. The van der Waals surface area contributed by atoms with Crippen LogP contribution in [0.4, 0.5) is 5.69 Å². The molecule has 0 aliphatic carbocycles. The van der Waals surface area contributed by atoms with Crippen molar-refractivity contribution in [3.63, 3.8) is 0 Å². The van der Waals surface area contributed by atoms with E-state index in [4.69, 9.17) is 22.0 Å². The minimum atomic E-state index is 0.0994. The summed E-state index contributed by atoms with van der Waals surface area (Å²) in [6.45, 7) is 0.166. The number of nitrogens with one attached hydrogen (secondary N) is 1. The van der Waals surface area contributed by atoms with Crippen LogP contribution in [0.15, 0.2) is 48.5 Å². The Hall–Kier alpha value is -2.02. The fourth-order valence-corrected chi connectivity index (χ4v) is 2.42. The van der Waals surface area contributed by atoms with Crippen LogP contribution < -0.4 is 5.32 Å². The maximum atomic E-state index is 9.06. The first kappa shape index (κ1) is 15.4. The Kier molecular flexibility index (Phi) is 5.62. The van der Waals surface area contributed by atoms with E-state index >= 15 is 0 Å². The standard InChI is InChI=1S/C17H17ClN2O/c18-16-11-15(9-8-14(16)12-19)20-17(7-4-10-21)13-5-2-1-3-6-13/h1-3,5-6,8-9,11,17,20-21H,4,7,10H2. The van der Waals surface area contributed by atoms with Crippen LogP contribution in [-0.2, 0) is 0 Å². The highest BCUT2D eigenvalue weighted by Gasteiger charge is 2.11. The lowest BCUT2D eigenvalue weighted by Crippen LogP contribution is -2.11. The first-order valence-electron chi connectivity index (χ1n) is 6.86. The number of anilines is 1. The second-order valence-electron chi connectivity index (χ2n) is 4.78. The second kappa shape index (κ2) is 7.68. The fourth-order valence-electron chi connectivity index (χ4n) is 2.20. The summed E-state index contributed by atoms with van der Waals surface area (Å²) in [5, 5.41) is 21.8. The van der Waals surface area contributed by atoms with Gasteiger partial charge in [-0.2, -0.15) is 5.26 Å². The Bertz CT molecular complexity index is 622. The molecule has 0 aromatic heterocycles. The molecule has 0 saturated carbocycles. The van der Waals surface area contributed by atoms with E-state index in [-0.39, 0.29) is 12.6 Å². The van der Waals surface area contributed by atoms with Gasteiger partial charge in [0.2, 0.25) is 0 Å². The molecule has 0 aliphatic rings. The molecule has 0 amide bonds. The van der Waals surface area contributed by atoms with Crippen molar-refractivity contribution in [3.8, 4) is 6.07 Å². The van der Waals surface area contributed by atoms with Gasteiger partial charge in [0.15, 0.2) is 0 Å². The van der Waals surface area contributed by atoms with E-state index in [9.17, 15) is 0 Å². The van der Waals surface area contributed by atoms with Crippen LogP contribution in [0.25, 0.3) is 0 Å². The van der Waals surface area contributed by atoms with E-state index in [0.717, 1.165) is 24.1 Å². The summed E-state index contributed by atoms with van der Waals surface area (Å²) >= 11 is 6.06. The summed E-state index contributed by atoms with van der Waals surface area (Å²) in [6.07, 6.45) is 1.54. The van der Waals surface area contributed by atoms with Gasteiger partial charge in [-0.3, -0.25) is 0 Å². The molecule has 4 heteroatoms. The van der Waals surface area contributed by atoms with E-state index in [1.807, 2.05) is 30.3 Å². The predicted molar refractivity (Wildman–Crippen MR) is 85.3 cm³/mol. The molecule has 1 atom stereocenters. The van der Waals surface area contributed by atoms with Crippen LogP contribution in [-0.4, -0.2) is 11.7 Å². The van der Waals surface area contributed by atoms with Gasteiger partial charge in [0.1, 0.15) is 6.07 Å². The molecule has 0 aliphatic heterocycles. The molecule has 0 bridgehead atoms. The van der Waals surface area contributed by atoms with Crippen LogP contribution in [0.5, 0.6) is 0 Å². The molecule has 2 N–H and O–H groups in total. The molecule has 2 aromatic rings. The summed E-state index contributed by atoms with van der Waals surface area (Å²) < 4.78 is 0. The van der Waals surface area contributed by atoms with E-state index in [0.29, 0.717) is 10.6 Å². The zero-order valence-electron chi connectivity index (χ0n) is 11.6. The number of rotatable bonds is 6. The maximum Gasteiger partial charge on any atom is 0.101 e. The molecular weight excluding hydrogens is 284 g/mol. The summed E-state index contributed by atoms with van der Waals surface area (Å²) in [6, 6.07) is 17.5. The number of nitrogens with zero attached hydrogens (tertiary/aromatic N) is 1. The monoisotopic (exact) mass is 300 g/mol. The first-order valence-corrected chi connectivity index (χ1v) is 7.24. The molecule has 108 valence electrons. The molecule has 0 radical (unpaired) electrons. The smallest absolute Gasteiger partial charge is 0.101 e. The molecule has 0 spiro atoms. The third-order valence-electron chi connectivity index (χ3n) is 3.28. The average Bonchev–Trinajstić information content (AvgIpc) is 2.52. The van der Waals surface area contributed by atoms with Gasteiger partial charge in [0.25, 0.3) is 0 Å². The molecule has 1 unspecified atom stereocenters. The Morgan fingerprint density at radius 2 is 1.95 bits per heavy atom. The maximum absolute atomic E-state index is 9.06. The van der Waals surface area contributed by atoms with Gasteiger partial charge in [-0.25, -0.2) is 0 Å². The van der Waals surface area contributed by atoms with Crippen molar-refractivity contribution in [1.82, 2.24) is 0 Å². The van der Waals surface area contributed by atoms with E-state index in [1.165, 1.54) is 0 Å². The summed E-state index contributed by atoms with van der Waals surface area (Å²) in [5.74, 6) is 0. The topological polar surface area (TPSA) is 56.0 Å². The highest BCUT2D eigenvalue weighted by atomic mass is 35.5. The highest BCUT2D eigenvalue weighted by molar-refractivity contribution is 6.32. The van der Waals surface area contributed by atoms with Crippen LogP contribution in [0.1, 0.15) is 30.0 Å². The summed E-state index contributed by atoms with van der Waals surface area (Å²) in [7, 11) is 0. The van der Waals surface area contributed by atoms with Crippen molar-refractivity contribution in [1.29, 1.82) is 5.26 Å². The van der Waals surface area contributed by atoms with Crippen molar-refractivity contribution in [3.05, 3.63) is 64.7 Å². The number of nitriles is 1. The molecule has 21 heavy (non-hydrogen) atoms. The van der Waals surface area contributed by atoms with Gasteiger partial charge in [0.05, 0.1) is 16.6 Å². The average molecular weight is 301 g/mol. The fraction of sp³-hybridized carbons (Fsp3) is 0.235. The first-order chi connectivity index (χ1) is 10.2. The second-order valence-corrected chi connectivity index (χ2v) is 5.19. The molecule has 0 fully saturated rings. The van der Waals surface area contributed by atoms with Gasteiger partial charge >= 0.3 is 0 Å². The molecule has 3 nitrogen and oxygen atoms in total. The van der Waals surface area contributed by atoms with Crippen LogP contribution in [0.2, 0.25) is 5.02 Å². The quantitative estimate of drug-likeness (QED) is 0.843. The molecular formula is C17H17ClN2O. The highest BCUT2D eigenvalue weighted by Crippen LogP contribution is 2.26. The van der Waals surface area contributed by atoms with Crippen LogP contribution >= 0.6 is 11.6 Å². The van der Waals surface area contributed by atoms with Crippen LogP contribution in [0.3, 0.4) is 0 Å². The molecule has 2 rings (SSSR count). The van der Waals surface area contributed by atoms with Gasteiger partial charge in [-0.15, -0.1) is 0 Å². The van der Waals surface area contributed by atoms with E-state index in [1.54, 1.807) is 12.1 Å². The van der Waals surface area contributed by atoms with Crippen molar-refractivity contribution in [2.75, 3.05) is 11.9 Å². The van der Waals surface area contributed by atoms with Gasteiger partial charge < -0.3 is 10.4 Å². The van der Waals surface area contributed by atoms with E-state index in [2.05, 4.69) is 17.4 Å². The Morgan fingerprint density at radius 3 is 2.57 bits per heavy atom. The van der Waals surface area contributed by atoms with Gasteiger partial charge in [0, 0.05) is 12.3 Å². The molecule has 0 saturated heterocycles. The van der Waals surface area contributed by atoms with Crippen molar-refractivity contribution in [2.45, 2.75) is 18.9 Å². The largest absolute Gasteiger partial charge is 0.396 e. The Labute approximate surface area is 129 Å². The minimum absolute atomic E-state index is 0.0994. The van der Waals surface area contributed by atoms with Gasteiger partial charge in [-0.1, -0.05) is 41.9 Å². The van der Waals surface area contributed by atoms with Crippen LogP contribution in [0, 0.1) is 11.3 Å². The number of aliphatic hydroxyl groups is 1. The lowest BCUT2D eigenvalue weighted by Gasteiger charge is -2.20. The lowest BCUT2D eigenvalue weighted by atomic mass is 10.0. The number of halogens is 1. The minimum Gasteiger partial charge on any atom is -0.396 e. The number of hydrogen-bond acceptors (Lipinski definition) is 3. The molecule has 2 aromatic carbocycles. The SMILES string of the molecule is N#Cc1ccc(NC(CCCO)c2ccccc2)cc1Cl. The summed E-state index contributed by atoms with van der Waals surface area (Å²) in [4.78, 5) is 0. The van der Waals surface area contributed by atoms with Gasteiger partial charge in [-0.05, 0) is 36.6 Å². The van der Waals surface area contributed by atoms with Crippen molar-refractivity contribution >= 4 is 17.3 Å². The van der Waals surface area contributed by atoms with E-state index < -0.39 is 0 Å². The Morgan fingerprint density at radius 1 is 1.19 bits per heavy atom. The van der Waals surface area contributed by atoms with Crippen molar-refractivity contribution in [2.24, 2.45) is 0 Å². The predicted octanol–water partition coefficient (Wildman–Crippen LogP) is 4.14. The number of hydrogen-bond donors (Lipinski definition) is 2. The molecule has 0 heterocycles. The normalized spacial score (nSPS) is 11.7. The zero-order valence-corrected chi connectivity index (χ0v) is 12.3. The Balaban J connectivity index is 2.19. The number of benzene rings is 2. The third kappa shape index (κ3) is 4.22.